The Morgan fingerprint density at radius 2 is 2.18 bits per heavy atom. The van der Waals surface area contributed by atoms with Gasteiger partial charge in [-0.25, -0.2) is 0 Å². The van der Waals surface area contributed by atoms with Crippen LogP contribution in [0.1, 0.15) is 31.4 Å². The molecule has 3 rings (SSSR count). The predicted molar refractivity (Wildman–Crippen MR) is 89.1 cm³/mol. The Hall–Kier alpha value is -1.27. The van der Waals surface area contributed by atoms with Gasteiger partial charge in [0.05, 0.1) is 11.8 Å². The number of nitrogens with zero attached hydrogens (tertiary/aromatic N) is 4. The van der Waals surface area contributed by atoms with E-state index in [1.165, 1.54) is 32.2 Å². The average Bonchev–Trinajstić information content (AvgIpc) is 3.08. The highest BCUT2D eigenvalue weighted by Gasteiger charge is 2.19. The second kappa shape index (κ2) is 6.87. The Balaban J connectivity index is 1.60. The van der Waals surface area contributed by atoms with Crippen LogP contribution in [0.2, 0.25) is 0 Å². The largest absolute Gasteiger partial charge is 0.469 e. The summed E-state index contributed by atoms with van der Waals surface area (Å²) in [4.78, 5) is 2.50. The molecule has 1 aliphatic rings. The number of thioether (sulfide) groups is 1. The topological polar surface area (TPSA) is 47.1 Å². The number of aromatic nitrogens is 3. The molecule has 22 heavy (non-hydrogen) atoms. The lowest BCUT2D eigenvalue weighted by Gasteiger charge is -2.32. The molecule has 0 spiro atoms. The van der Waals surface area contributed by atoms with Crippen LogP contribution in [-0.4, -0.2) is 45.1 Å². The van der Waals surface area contributed by atoms with Gasteiger partial charge in [0.15, 0.2) is 11.0 Å². The Morgan fingerprint density at radius 1 is 1.32 bits per heavy atom. The Morgan fingerprint density at radius 3 is 2.91 bits per heavy atom. The van der Waals surface area contributed by atoms with Gasteiger partial charge in [0, 0.05) is 18.8 Å². The highest BCUT2D eigenvalue weighted by molar-refractivity contribution is 7.99. The first-order valence-corrected chi connectivity index (χ1v) is 8.92. The maximum atomic E-state index is 5.36. The van der Waals surface area contributed by atoms with E-state index in [1.807, 2.05) is 20.0 Å². The van der Waals surface area contributed by atoms with E-state index >= 15 is 0 Å². The summed E-state index contributed by atoms with van der Waals surface area (Å²) < 4.78 is 7.42. The third kappa shape index (κ3) is 3.22. The van der Waals surface area contributed by atoms with Crippen LogP contribution in [0, 0.1) is 6.92 Å². The van der Waals surface area contributed by atoms with Crippen molar-refractivity contribution in [2.24, 2.45) is 7.05 Å². The van der Waals surface area contributed by atoms with Crippen LogP contribution in [0.3, 0.4) is 0 Å². The molecule has 0 saturated carbocycles. The lowest BCUT2D eigenvalue weighted by Crippen LogP contribution is -2.36. The van der Waals surface area contributed by atoms with E-state index in [9.17, 15) is 0 Å². The number of aryl methyl sites for hydroxylation is 1. The maximum absolute atomic E-state index is 5.36. The molecule has 0 aliphatic carbocycles. The van der Waals surface area contributed by atoms with Crippen molar-refractivity contribution in [1.82, 2.24) is 19.7 Å². The molecule has 1 saturated heterocycles. The molecule has 1 aliphatic heterocycles. The van der Waals surface area contributed by atoms with Crippen molar-refractivity contribution in [2.75, 3.05) is 19.3 Å². The van der Waals surface area contributed by atoms with Crippen LogP contribution in [0.4, 0.5) is 0 Å². The first kappa shape index (κ1) is 15.6. The first-order valence-electron chi connectivity index (χ1n) is 7.93. The monoisotopic (exact) mass is 320 g/mol. The summed E-state index contributed by atoms with van der Waals surface area (Å²) in [6.07, 6.45) is 6.96. The summed E-state index contributed by atoms with van der Waals surface area (Å²) in [6.45, 7) is 3.19. The second-order valence-electron chi connectivity index (χ2n) is 6.02. The van der Waals surface area contributed by atoms with Crippen molar-refractivity contribution in [1.29, 1.82) is 0 Å². The molecular formula is C16H24N4OS. The number of rotatable bonds is 5. The molecule has 120 valence electrons. The standard InChI is InChI=1S/C16H24N4OS/c1-12-14(7-10-21-12)15-17-18-16(20(15)3)22-11-8-13-6-4-5-9-19(13)2/h7,10,13H,4-6,8-9,11H2,1-3H3/t13-/m0/s1. The zero-order valence-electron chi connectivity index (χ0n) is 13.6. The third-order valence-corrected chi connectivity index (χ3v) is 5.59. The van der Waals surface area contributed by atoms with Gasteiger partial charge in [-0.1, -0.05) is 18.2 Å². The molecule has 6 heteroatoms. The smallest absolute Gasteiger partial charge is 0.191 e. The van der Waals surface area contributed by atoms with E-state index in [0.717, 1.165) is 34.1 Å². The van der Waals surface area contributed by atoms with Gasteiger partial charge in [0.1, 0.15) is 5.76 Å². The summed E-state index contributed by atoms with van der Waals surface area (Å²) in [6, 6.07) is 2.68. The third-order valence-electron chi connectivity index (χ3n) is 4.54. The Bertz CT molecular complexity index is 621. The summed E-state index contributed by atoms with van der Waals surface area (Å²) >= 11 is 1.80. The quantitative estimate of drug-likeness (QED) is 0.791. The van der Waals surface area contributed by atoms with E-state index in [1.54, 1.807) is 18.0 Å². The average molecular weight is 320 g/mol. The molecule has 1 atom stereocenters. The number of piperidine rings is 1. The highest BCUT2D eigenvalue weighted by Crippen LogP contribution is 2.27. The number of furan rings is 1. The molecule has 3 heterocycles. The molecule has 0 unspecified atom stereocenters. The van der Waals surface area contributed by atoms with Crippen molar-refractivity contribution in [3.05, 3.63) is 18.1 Å². The molecule has 2 aromatic heterocycles. The molecule has 0 N–H and O–H groups in total. The number of hydrogen-bond acceptors (Lipinski definition) is 5. The molecule has 0 bridgehead atoms. The van der Waals surface area contributed by atoms with Crippen LogP contribution in [0.5, 0.6) is 0 Å². The zero-order valence-corrected chi connectivity index (χ0v) is 14.4. The van der Waals surface area contributed by atoms with Gasteiger partial charge >= 0.3 is 0 Å². The molecule has 0 radical (unpaired) electrons. The molecule has 0 aromatic carbocycles. The minimum absolute atomic E-state index is 0.727. The Kier molecular flexibility index (Phi) is 4.88. The number of likely N-dealkylation sites (tertiary alicyclic amines) is 1. The van der Waals surface area contributed by atoms with Gasteiger partial charge in [0.2, 0.25) is 0 Å². The van der Waals surface area contributed by atoms with Gasteiger partial charge in [-0.15, -0.1) is 10.2 Å². The lowest BCUT2D eigenvalue weighted by molar-refractivity contribution is 0.182. The van der Waals surface area contributed by atoms with Gasteiger partial charge in [-0.3, -0.25) is 0 Å². The van der Waals surface area contributed by atoms with Gasteiger partial charge in [0.25, 0.3) is 0 Å². The zero-order chi connectivity index (χ0) is 15.5. The van der Waals surface area contributed by atoms with Crippen molar-refractivity contribution >= 4 is 11.8 Å². The molecule has 0 amide bonds. The fraction of sp³-hybridized carbons (Fsp3) is 0.625. The van der Waals surface area contributed by atoms with Gasteiger partial charge < -0.3 is 13.9 Å². The van der Waals surface area contributed by atoms with Crippen LogP contribution in [0.25, 0.3) is 11.4 Å². The van der Waals surface area contributed by atoms with Crippen LogP contribution < -0.4 is 0 Å². The van der Waals surface area contributed by atoms with E-state index in [0.29, 0.717) is 0 Å². The van der Waals surface area contributed by atoms with E-state index in [2.05, 4.69) is 26.7 Å². The lowest BCUT2D eigenvalue weighted by atomic mass is 10.0. The normalized spacial score (nSPS) is 19.7. The summed E-state index contributed by atoms with van der Waals surface area (Å²) in [5, 5.41) is 9.64. The summed E-state index contributed by atoms with van der Waals surface area (Å²) in [5.74, 6) is 2.85. The predicted octanol–water partition coefficient (Wildman–Crippen LogP) is 3.35. The minimum atomic E-state index is 0.727. The van der Waals surface area contributed by atoms with Crippen LogP contribution >= 0.6 is 11.8 Å². The molecule has 1 fully saturated rings. The molecule has 5 nitrogen and oxygen atoms in total. The fourth-order valence-electron chi connectivity index (χ4n) is 3.09. The van der Waals surface area contributed by atoms with Crippen molar-refractivity contribution < 1.29 is 4.42 Å². The van der Waals surface area contributed by atoms with Crippen molar-refractivity contribution in [3.63, 3.8) is 0 Å². The van der Waals surface area contributed by atoms with E-state index < -0.39 is 0 Å². The Labute approximate surface area is 136 Å². The van der Waals surface area contributed by atoms with Gasteiger partial charge in [-0.05, 0) is 45.8 Å². The van der Waals surface area contributed by atoms with Crippen molar-refractivity contribution in [3.8, 4) is 11.4 Å². The van der Waals surface area contributed by atoms with Crippen LogP contribution in [0.15, 0.2) is 21.9 Å². The van der Waals surface area contributed by atoms with Gasteiger partial charge in [-0.2, -0.15) is 0 Å². The highest BCUT2D eigenvalue weighted by atomic mass is 32.2. The van der Waals surface area contributed by atoms with Crippen molar-refractivity contribution in [2.45, 2.75) is 43.8 Å². The van der Waals surface area contributed by atoms with Crippen LogP contribution in [-0.2, 0) is 7.05 Å². The summed E-state index contributed by atoms with van der Waals surface area (Å²) in [7, 11) is 4.27. The molecule has 2 aromatic rings. The van der Waals surface area contributed by atoms with E-state index in [4.69, 9.17) is 4.42 Å². The maximum Gasteiger partial charge on any atom is 0.191 e. The number of hydrogen-bond donors (Lipinski definition) is 0. The molecular weight excluding hydrogens is 296 g/mol. The second-order valence-corrected chi connectivity index (χ2v) is 7.09. The SMILES string of the molecule is Cc1occc1-c1nnc(SCC[C@@H]2CCCCN2C)n1C. The summed E-state index contributed by atoms with van der Waals surface area (Å²) in [5.41, 5.74) is 1.02. The fourth-order valence-corrected chi connectivity index (χ4v) is 4.04. The minimum Gasteiger partial charge on any atom is -0.469 e. The van der Waals surface area contributed by atoms with E-state index in [-0.39, 0.29) is 0 Å². The first-order chi connectivity index (χ1) is 10.7.